The molecule has 1 aromatic heterocycles. The van der Waals surface area contributed by atoms with Crippen LogP contribution in [0.2, 0.25) is 0 Å². The number of rotatable bonds is 4. The van der Waals surface area contributed by atoms with Crippen LogP contribution in [0.4, 0.5) is 5.69 Å². The highest BCUT2D eigenvalue weighted by Crippen LogP contribution is 2.39. The summed E-state index contributed by atoms with van der Waals surface area (Å²) < 4.78 is 24.0. The maximum atomic E-state index is 11.7. The molecule has 2 aromatic carbocycles. The first kappa shape index (κ1) is 19.1. The lowest BCUT2D eigenvalue weighted by atomic mass is 10.1. The van der Waals surface area contributed by atoms with E-state index in [0.717, 1.165) is 26.7 Å². The van der Waals surface area contributed by atoms with Crippen LogP contribution in [0.5, 0.6) is 0 Å². The Morgan fingerprint density at radius 2 is 1.82 bits per heavy atom. The maximum Gasteiger partial charge on any atom is 0.293 e. The van der Waals surface area contributed by atoms with Gasteiger partial charge in [-0.25, -0.2) is 8.42 Å². The molecule has 0 spiro atoms. The molecular weight excluding hydrogens is 446 g/mol. The van der Waals surface area contributed by atoms with Crippen molar-refractivity contribution in [1.82, 2.24) is 9.88 Å². The van der Waals surface area contributed by atoms with Gasteiger partial charge in [0.1, 0.15) is 5.52 Å². The van der Waals surface area contributed by atoms with E-state index < -0.39 is 9.84 Å². The second kappa shape index (κ2) is 7.31. The van der Waals surface area contributed by atoms with Gasteiger partial charge in [-0.05, 0) is 33.1 Å². The molecule has 0 saturated carbocycles. The lowest BCUT2D eigenvalue weighted by Crippen LogP contribution is -2.39. The van der Waals surface area contributed by atoms with Gasteiger partial charge in [0, 0.05) is 31.1 Å². The molecule has 0 radical (unpaired) electrons. The summed E-state index contributed by atoms with van der Waals surface area (Å²) in [6.07, 6.45) is 0. The van der Waals surface area contributed by atoms with Crippen molar-refractivity contribution >= 4 is 42.4 Å². The van der Waals surface area contributed by atoms with Crippen LogP contribution in [0.1, 0.15) is 5.56 Å². The van der Waals surface area contributed by atoms with E-state index in [1.165, 1.54) is 0 Å². The Morgan fingerprint density at radius 3 is 2.46 bits per heavy atom. The molecule has 146 valence electrons. The number of sulfone groups is 1. The van der Waals surface area contributed by atoms with Crippen LogP contribution in [-0.4, -0.2) is 47.8 Å². The van der Waals surface area contributed by atoms with E-state index in [1.807, 2.05) is 41.3 Å². The zero-order valence-corrected chi connectivity index (χ0v) is 17.3. The van der Waals surface area contributed by atoms with Crippen molar-refractivity contribution in [3.05, 3.63) is 62.6 Å². The number of H-pyrrole nitrogens is 1. The van der Waals surface area contributed by atoms with Crippen LogP contribution >= 0.6 is 15.9 Å². The highest BCUT2D eigenvalue weighted by molar-refractivity contribution is 9.10. The van der Waals surface area contributed by atoms with Gasteiger partial charge in [-0.15, -0.1) is 0 Å². The van der Waals surface area contributed by atoms with Crippen LogP contribution in [0.25, 0.3) is 22.2 Å². The van der Waals surface area contributed by atoms with Crippen molar-refractivity contribution < 1.29 is 13.3 Å². The number of halogens is 1. The van der Waals surface area contributed by atoms with Crippen molar-refractivity contribution in [2.24, 2.45) is 0 Å². The van der Waals surface area contributed by atoms with Crippen LogP contribution in [0.3, 0.4) is 0 Å². The number of hydrogen-bond donors (Lipinski definition) is 1. The van der Waals surface area contributed by atoms with Crippen molar-refractivity contribution in [3.8, 4) is 11.3 Å². The first-order chi connectivity index (χ1) is 13.3. The van der Waals surface area contributed by atoms with E-state index in [4.69, 9.17) is 0 Å². The summed E-state index contributed by atoms with van der Waals surface area (Å²) >= 11 is 3.60. The van der Waals surface area contributed by atoms with Gasteiger partial charge in [0.05, 0.1) is 26.6 Å². The number of nitrogens with zero attached hydrogens (tertiary/aromatic N) is 2. The number of aromatic amines is 1. The molecule has 0 unspecified atom stereocenters. The monoisotopic (exact) mass is 463 g/mol. The van der Waals surface area contributed by atoms with Gasteiger partial charge < -0.3 is 4.98 Å². The van der Waals surface area contributed by atoms with Crippen molar-refractivity contribution in [2.75, 3.05) is 24.6 Å². The molecule has 7 nitrogen and oxygen atoms in total. The summed E-state index contributed by atoms with van der Waals surface area (Å²) in [6, 6.07) is 13.1. The molecule has 0 aliphatic carbocycles. The number of fused-ring (bicyclic) bond motifs is 1. The standard InChI is InChI=1S/C19H18BrN3O4S/c20-17-15-10-13(12-22-6-8-28(26,27)9-7-22)11-16(23(24)25)19(15)21-18(17)14-4-2-1-3-5-14/h1-5,10-11,21H,6-9,12H2. The Balaban J connectivity index is 1.75. The van der Waals surface area contributed by atoms with E-state index >= 15 is 0 Å². The number of aromatic nitrogens is 1. The fourth-order valence-corrected chi connectivity index (χ4v) is 5.43. The van der Waals surface area contributed by atoms with Gasteiger partial charge in [-0.2, -0.15) is 0 Å². The molecule has 3 aromatic rings. The van der Waals surface area contributed by atoms with Crippen molar-refractivity contribution in [3.63, 3.8) is 0 Å². The maximum absolute atomic E-state index is 11.7. The number of nitro benzene ring substituents is 1. The predicted molar refractivity (Wildman–Crippen MR) is 112 cm³/mol. The summed E-state index contributed by atoms with van der Waals surface area (Å²) in [4.78, 5) is 16.5. The summed E-state index contributed by atoms with van der Waals surface area (Å²) in [6.45, 7) is 1.36. The van der Waals surface area contributed by atoms with Crippen molar-refractivity contribution in [1.29, 1.82) is 0 Å². The second-order valence-corrected chi connectivity index (χ2v) is 10.00. The molecular formula is C19H18BrN3O4S. The predicted octanol–water partition coefficient (Wildman–Crippen LogP) is 3.74. The molecule has 1 aliphatic heterocycles. The smallest absolute Gasteiger partial charge is 0.293 e. The van der Waals surface area contributed by atoms with E-state index in [2.05, 4.69) is 20.9 Å². The highest BCUT2D eigenvalue weighted by atomic mass is 79.9. The molecule has 1 saturated heterocycles. The fraction of sp³-hybridized carbons (Fsp3) is 0.263. The molecule has 9 heteroatoms. The zero-order chi connectivity index (χ0) is 19.9. The molecule has 4 rings (SSSR count). The molecule has 0 amide bonds. The number of nitro groups is 1. The average Bonchev–Trinajstić information content (AvgIpc) is 3.00. The Hall–Kier alpha value is -2.23. The summed E-state index contributed by atoms with van der Waals surface area (Å²) in [5.74, 6) is 0.257. The number of benzene rings is 2. The molecule has 1 N–H and O–H groups in total. The fourth-order valence-electron chi connectivity index (χ4n) is 3.51. The number of nitrogens with one attached hydrogen (secondary N) is 1. The minimum atomic E-state index is -2.96. The second-order valence-electron chi connectivity index (χ2n) is 6.90. The minimum Gasteiger partial charge on any atom is -0.348 e. The lowest BCUT2D eigenvalue weighted by molar-refractivity contribution is -0.383. The van der Waals surface area contributed by atoms with E-state index in [-0.39, 0.29) is 22.1 Å². The van der Waals surface area contributed by atoms with Crippen molar-refractivity contribution in [2.45, 2.75) is 6.54 Å². The Bertz CT molecular complexity index is 1140. The Labute approximate surface area is 170 Å². The van der Waals surface area contributed by atoms with Gasteiger partial charge in [0.15, 0.2) is 9.84 Å². The molecule has 2 heterocycles. The van der Waals surface area contributed by atoms with Gasteiger partial charge in [-0.3, -0.25) is 15.0 Å². The quantitative estimate of drug-likeness (QED) is 0.469. The van der Waals surface area contributed by atoms with Crippen LogP contribution in [-0.2, 0) is 16.4 Å². The molecule has 1 fully saturated rings. The zero-order valence-electron chi connectivity index (χ0n) is 14.9. The summed E-state index contributed by atoms with van der Waals surface area (Å²) in [7, 11) is -2.96. The molecule has 0 bridgehead atoms. The number of hydrogen-bond acceptors (Lipinski definition) is 5. The lowest BCUT2D eigenvalue weighted by Gasteiger charge is -2.26. The topological polar surface area (TPSA) is 96.3 Å². The van der Waals surface area contributed by atoms with Crippen LogP contribution in [0.15, 0.2) is 46.9 Å². The SMILES string of the molecule is O=[N+]([O-])c1cc(CN2CCS(=O)(=O)CC2)cc2c(Br)c(-c3ccccc3)[nH]c12. The van der Waals surface area contributed by atoms with E-state index in [1.54, 1.807) is 6.07 Å². The molecule has 28 heavy (non-hydrogen) atoms. The average molecular weight is 464 g/mol. The van der Waals surface area contributed by atoms with Gasteiger partial charge in [0.2, 0.25) is 0 Å². The van der Waals surface area contributed by atoms with Gasteiger partial charge in [0.25, 0.3) is 5.69 Å². The third kappa shape index (κ3) is 3.69. The van der Waals surface area contributed by atoms with Crippen LogP contribution in [0, 0.1) is 10.1 Å². The summed E-state index contributed by atoms with van der Waals surface area (Å²) in [5.41, 5.74) is 3.00. The highest BCUT2D eigenvalue weighted by Gasteiger charge is 2.24. The first-order valence-corrected chi connectivity index (χ1v) is 11.4. The number of non-ortho nitro benzene ring substituents is 1. The van der Waals surface area contributed by atoms with Crippen LogP contribution < -0.4 is 0 Å². The van der Waals surface area contributed by atoms with E-state index in [9.17, 15) is 18.5 Å². The molecule has 0 atom stereocenters. The summed E-state index contributed by atoms with van der Waals surface area (Å²) in [5, 5.41) is 12.4. The van der Waals surface area contributed by atoms with E-state index in [0.29, 0.717) is 25.2 Å². The minimum absolute atomic E-state index is 0.0139. The Morgan fingerprint density at radius 1 is 1.14 bits per heavy atom. The normalized spacial score (nSPS) is 17.0. The first-order valence-electron chi connectivity index (χ1n) is 8.81. The third-order valence-corrected chi connectivity index (χ3v) is 7.42. The van der Waals surface area contributed by atoms with Gasteiger partial charge in [-0.1, -0.05) is 30.3 Å². The largest absolute Gasteiger partial charge is 0.348 e. The Kier molecular flexibility index (Phi) is 4.98. The molecule has 1 aliphatic rings. The third-order valence-electron chi connectivity index (χ3n) is 4.99. The van der Waals surface area contributed by atoms with Gasteiger partial charge >= 0.3 is 0 Å².